The molecule has 0 amide bonds. The van der Waals surface area contributed by atoms with E-state index >= 15 is 0 Å². The SMILES string of the molecule is CCCNCc1csc(Cc2nc(C)cs2)n1. The van der Waals surface area contributed by atoms with Gasteiger partial charge in [0, 0.05) is 23.0 Å². The molecule has 2 aromatic heterocycles. The molecule has 0 bridgehead atoms. The second-order valence-corrected chi connectivity index (χ2v) is 5.85. The van der Waals surface area contributed by atoms with Gasteiger partial charge >= 0.3 is 0 Å². The van der Waals surface area contributed by atoms with Crippen molar-refractivity contribution in [2.24, 2.45) is 0 Å². The molecular formula is C12H17N3S2. The number of aryl methyl sites for hydroxylation is 1. The molecule has 0 aromatic carbocycles. The highest BCUT2D eigenvalue weighted by molar-refractivity contribution is 7.11. The average molecular weight is 267 g/mol. The van der Waals surface area contributed by atoms with Gasteiger partial charge in [0.1, 0.15) is 0 Å². The fourth-order valence-electron chi connectivity index (χ4n) is 1.52. The first-order valence-electron chi connectivity index (χ1n) is 5.83. The van der Waals surface area contributed by atoms with Crippen molar-refractivity contribution in [3.63, 3.8) is 0 Å². The van der Waals surface area contributed by atoms with Crippen LogP contribution in [0.3, 0.4) is 0 Å². The largest absolute Gasteiger partial charge is 0.311 e. The van der Waals surface area contributed by atoms with E-state index in [2.05, 4.69) is 33.0 Å². The van der Waals surface area contributed by atoms with Gasteiger partial charge in [-0.2, -0.15) is 0 Å². The van der Waals surface area contributed by atoms with Crippen LogP contribution in [0.4, 0.5) is 0 Å². The molecule has 0 saturated heterocycles. The monoisotopic (exact) mass is 267 g/mol. The van der Waals surface area contributed by atoms with E-state index < -0.39 is 0 Å². The predicted molar refractivity (Wildman–Crippen MR) is 73.8 cm³/mol. The number of thiazole rings is 2. The van der Waals surface area contributed by atoms with Gasteiger partial charge in [-0.1, -0.05) is 6.92 Å². The molecular weight excluding hydrogens is 250 g/mol. The molecule has 3 nitrogen and oxygen atoms in total. The van der Waals surface area contributed by atoms with E-state index in [1.807, 2.05) is 6.92 Å². The Kier molecular flexibility index (Phi) is 4.65. The topological polar surface area (TPSA) is 37.8 Å². The minimum absolute atomic E-state index is 0.872. The minimum Gasteiger partial charge on any atom is -0.311 e. The Morgan fingerprint density at radius 2 is 1.94 bits per heavy atom. The van der Waals surface area contributed by atoms with Crippen molar-refractivity contribution in [3.8, 4) is 0 Å². The van der Waals surface area contributed by atoms with Crippen molar-refractivity contribution in [3.05, 3.63) is 32.2 Å². The summed E-state index contributed by atoms with van der Waals surface area (Å²) in [5.74, 6) is 0. The van der Waals surface area contributed by atoms with Crippen LogP contribution in [0.25, 0.3) is 0 Å². The predicted octanol–water partition coefficient (Wildman–Crippen LogP) is 3.00. The summed E-state index contributed by atoms with van der Waals surface area (Å²) in [4.78, 5) is 9.07. The third kappa shape index (κ3) is 3.87. The molecule has 0 atom stereocenters. The van der Waals surface area contributed by atoms with E-state index in [-0.39, 0.29) is 0 Å². The Morgan fingerprint density at radius 1 is 1.18 bits per heavy atom. The standard InChI is InChI=1S/C12H17N3S2/c1-3-4-13-6-10-8-17-12(15-10)5-11-14-9(2)7-16-11/h7-8,13H,3-6H2,1-2H3. The van der Waals surface area contributed by atoms with Crippen molar-refractivity contribution in [2.45, 2.75) is 33.2 Å². The number of nitrogens with zero attached hydrogens (tertiary/aromatic N) is 2. The lowest BCUT2D eigenvalue weighted by Crippen LogP contribution is -2.13. The highest BCUT2D eigenvalue weighted by Crippen LogP contribution is 2.17. The number of hydrogen-bond acceptors (Lipinski definition) is 5. The van der Waals surface area contributed by atoms with Crippen LogP contribution in [0.2, 0.25) is 0 Å². The van der Waals surface area contributed by atoms with Crippen LogP contribution < -0.4 is 5.32 Å². The molecule has 0 spiro atoms. The molecule has 0 unspecified atom stereocenters. The average Bonchev–Trinajstić information content (AvgIpc) is 2.90. The van der Waals surface area contributed by atoms with Crippen molar-refractivity contribution >= 4 is 22.7 Å². The zero-order chi connectivity index (χ0) is 12.1. The maximum atomic E-state index is 4.61. The number of rotatable bonds is 6. The first kappa shape index (κ1) is 12.7. The quantitative estimate of drug-likeness (QED) is 0.818. The molecule has 0 saturated carbocycles. The highest BCUT2D eigenvalue weighted by atomic mass is 32.1. The first-order valence-corrected chi connectivity index (χ1v) is 7.59. The smallest absolute Gasteiger partial charge is 0.0997 e. The Labute approximate surface area is 110 Å². The summed E-state index contributed by atoms with van der Waals surface area (Å²) in [7, 11) is 0. The molecule has 1 N–H and O–H groups in total. The lowest BCUT2D eigenvalue weighted by Gasteiger charge is -1.98. The molecule has 2 heterocycles. The fourth-order valence-corrected chi connectivity index (χ4v) is 3.18. The van der Waals surface area contributed by atoms with Gasteiger partial charge in [-0.25, -0.2) is 9.97 Å². The Morgan fingerprint density at radius 3 is 2.65 bits per heavy atom. The number of nitrogens with one attached hydrogen (secondary N) is 1. The van der Waals surface area contributed by atoms with Crippen LogP contribution in [0, 0.1) is 6.92 Å². The summed E-state index contributed by atoms with van der Waals surface area (Å²) in [6, 6.07) is 0. The molecule has 2 aromatic rings. The van der Waals surface area contributed by atoms with Gasteiger partial charge in [-0.3, -0.25) is 0 Å². The summed E-state index contributed by atoms with van der Waals surface area (Å²) < 4.78 is 0. The van der Waals surface area contributed by atoms with E-state index in [4.69, 9.17) is 0 Å². The second kappa shape index (κ2) is 6.23. The van der Waals surface area contributed by atoms with Crippen molar-refractivity contribution in [1.82, 2.24) is 15.3 Å². The lowest BCUT2D eigenvalue weighted by atomic mass is 10.4. The van der Waals surface area contributed by atoms with Crippen LogP contribution in [0.5, 0.6) is 0 Å². The molecule has 17 heavy (non-hydrogen) atoms. The van der Waals surface area contributed by atoms with Crippen molar-refractivity contribution in [1.29, 1.82) is 0 Å². The third-order valence-electron chi connectivity index (χ3n) is 2.30. The zero-order valence-electron chi connectivity index (χ0n) is 10.2. The fraction of sp³-hybridized carbons (Fsp3) is 0.500. The highest BCUT2D eigenvalue weighted by Gasteiger charge is 2.05. The lowest BCUT2D eigenvalue weighted by molar-refractivity contribution is 0.665. The minimum atomic E-state index is 0.872. The summed E-state index contributed by atoms with van der Waals surface area (Å²) in [5, 5.41) is 9.91. The third-order valence-corrected chi connectivity index (χ3v) is 4.17. The van der Waals surface area contributed by atoms with E-state index in [1.54, 1.807) is 22.7 Å². The van der Waals surface area contributed by atoms with Crippen LogP contribution in [0.1, 0.15) is 34.7 Å². The van der Waals surface area contributed by atoms with Crippen LogP contribution >= 0.6 is 22.7 Å². The van der Waals surface area contributed by atoms with Gasteiger partial charge in [0.25, 0.3) is 0 Å². The zero-order valence-corrected chi connectivity index (χ0v) is 11.8. The van der Waals surface area contributed by atoms with Crippen molar-refractivity contribution in [2.75, 3.05) is 6.54 Å². The molecule has 0 aliphatic carbocycles. The van der Waals surface area contributed by atoms with Crippen LogP contribution in [-0.4, -0.2) is 16.5 Å². The number of hydrogen-bond donors (Lipinski definition) is 1. The molecule has 0 aliphatic heterocycles. The molecule has 5 heteroatoms. The molecule has 92 valence electrons. The van der Waals surface area contributed by atoms with E-state index in [0.717, 1.165) is 47.3 Å². The Balaban J connectivity index is 1.89. The van der Waals surface area contributed by atoms with Crippen molar-refractivity contribution < 1.29 is 0 Å². The maximum absolute atomic E-state index is 4.61. The first-order chi connectivity index (χ1) is 8.28. The van der Waals surface area contributed by atoms with Gasteiger partial charge in [-0.05, 0) is 19.9 Å². The van der Waals surface area contributed by atoms with Gasteiger partial charge < -0.3 is 5.32 Å². The Bertz CT molecular complexity index is 462. The van der Waals surface area contributed by atoms with Gasteiger partial charge in [0.2, 0.25) is 0 Å². The van der Waals surface area contributed by atoms with E-state index in [0.29, 0.717) is 0 Å². The van der Waals surface area contributed by atoms with Crippen LogP contribution in [0.15, 0.2) is 10.8 Å². The summed E-state index contributed by atoms with van der Waals surface area (Å²) in [6.45, 7) is 6.13. The summed E-state index contributed by atoms with van der Waals surface area (Å²) in [5.41, 5.74) is 2.25. The van der Waals surface area contributed by atoms with Gasteiger partial charge in [0.05, 0.1) is 22.1 Å². The second-order valence-electron chi connectivity index (χ2n) is 3.97. The van der Waals surface area contributed by atoms with Gasteiger partial charge in [0.15, 0.2) is 0 Å². The van der Waals surface area contributed by atoms with Crippen LogP contribution in [-0.2, 0) is 13.0 Å². The van der Waals surface area contributed by atoms with E-state index in [9.17, 15) is 0 Å². The van der Waals surface area contributed by atoms with Gasteiger partial charge in [-0.15, -0.1) is 22.7 Å². The van der Waals surface area contributed by atoms with E-state index in [1.165, 1.54) is 0 Å². The molecule has 2 rings (SSSR count). The molecule has 0 fully saturated rings. The Hall–Kier alpha value is -0.780. The molecule has 0 radical (unpaired) electrons. The number of aromatic nitrogens is 2. The molecule has 0 aliphatic rings. The maximum Gasteiger partial charge on any atom is 0.0997 e. The summed E-state index contributed by atoms with van der Waals surface area (Å²) in [6.07, 6.45) is 2.03. The normalized spacial score (nSPS) is 10.9. The summed E-state index contributed by atoms with van der Waals surface area (Å²) >= 11 is 3.44.